The lowest BCUT2D eigenvalue weighted by atomic mass is 9.87. The quantitative estimate of drug-likeness (QED) is 0.539. The summed E-state index contributed by atoms with van der Waals surface area (Å²) in [6.07, 6.45) is 1.56. The summed E-state index contributed by atoms with van der Waals surface area (Å²) in [5, 5.41) is 14.3. The van der Waals surface area contributed by atoms with E-state index in [1.807, 2.05) is 24.3 Å². The van der Waals surface area contributed by atoms with E-state index >= 15 is 0 Å². The van der Waals surface area contributed by atoms with E-state index in [4.69, 9.17) is 0 Å². The highest BCUT2D eigenvalue weighted by atomic mass is 16.6. The molecule has 1 aromatic heterocycles. The summed E-state index contributed by atoms with van der Waals surface area (Å²) in [7, 11) is 0. The van der Waals surface area contributed by atoms with Gasteiger partial charge in [0.25, 0.3) is 11.6 Å². The van der Waals surface area contributed by atoms with Crippen LogP contribution in [0, 0.1) is 10.1 Å². The molecule has 0 aliphatic heterocycles. The first-order valence-corrected chi connectivity index (χ1v) is 7.93. The number of aromatic amines is 1. The predicted octanol–water partition coefficient (Wildman–Crippen LogP) is 4.63. The normalized spacial score (nSPS) is 11.5. The van der Waals surface area contributed by atoms with Crippen molar-refractivity contribution >= 4 is 28.2 Å². The molecule has 3 rings (SSSR count). The van der Waals surface area contributed by atoms with E-state index in [9.17, 15) is 14.9 Å². The molecule has 0 fully saturated rings. The average molecular weight is 337 g/mol. The molecule has 3 aromatic rings. The van der Waals surface area contributed by atoms with E-state index in [0.717, 1.165) is 0 Å². The van der Waals surface area contributed by atoms with E-state index in [2.05, 4.69) is 31.1 Å². The van der Waals surface area contributed by atoms with Crippen LogP contribution in [0.2, 0.25) is 0 Å². The van der Waals surface area contributed by atoms with Gasteiger partial charge in [-0.15, -0.1) is 0 Å². The second-order valence-corrected chi connectivity index (χ2v) is 6.97. The van der Waals surface area contributed by atoms with Crippen molar-refractivity contribution in [1.82, 2.24) is 4.98 Å². The lowest BCUT2D eigenvalue weighted by molar-refractivity contribution is -0.384. The number of nitrogens with one attached hydrogen (secondary N) is 2. The molecule has 25 heavy (non-hydrogen) atoms. The summed E-state index contributed by atoms with van der Waals surface area (Å²) < 4.78 is 0. The minimum Gasteiger partial charge on any atom is -0.360 e. The number of benzene rings is 2. The summed E-state index contributed by atoms with van der Waals surface area (Å²) in [4.78, 5) is 26.0. The number of carbonyl (C=O) groups excluding carboxylic acids is 1. The number of nitrogens with zero attached hydrogens (tertiary/aromatic N) is 1. The average Bonchev–Trinajstić information content (AvgIpc) is 2.97. The lowest BCUT2D eigenvalue weighted by Crippen LogP contribution is -2.13. The van der Waals surface area contributed by atoms with Crippen LogP contribution in [-0.4, -0.2) is 15.8 Å². The van der Waals surface area contributed by atoms with Crippen LogP contribution in [0.25, 0.3) is 10.9 Å². The van der Waals surface area contributed by atoms with E-state index < -0.39 is 4.92 Å². The summed E-state index contributed by atoms with van der Waals surface area (Å²) in [6.45, 7) is 6.37. The number of nitro benzene ring substituents is 1. The molecule has 0 aliphatic rings. The van der Waals surface area contributed by atoms with Crippen LogP contribution in [0.4, 0.5) is 11.4 Å². The first kappa shape index (κ1) is 16.7. The third-order valence-corrected chi connectivity index (χ3v) is 4.13. The number of hydrogen-bond acceptors (Lipinski definition) is 3. The van der Waals surface area contributed by atoms with Crippen molar-refractivity contribution in [3.05, 3.63) is 69.9 Å². The Morgan fingerprint density at radius 3 is 2.40 bits per heavy atom. The van der Waals surface area contributed by atoms with E-state index in [0.29, 0.717) is 22.2 Å². The molecule has 0 saturated heterocycles. The van der Waals surface area contributed by atoms with Crippen molar-refractivity contribution in [1.29, 1.82) is 0 Å². The summed E-state index contributed by atoms with van der Waals surface area (Å²) in [5.41, 5.74) is 2.90. The number of amides is 1. The number of non-ortho nitro benzene ring substituents is 1. The molecule has 0 spiro atoms. The number of carbonyl (C=O) groups is 1. The Morgan fingerprint density at radius 2 is 1.80 bits per heavy atom. The van der Waals surface area contributed by atoms with Gasteiger partial charge in [0.2, 0.25) is 0 Å². The van der Waals surface area contributed by atoms with Crippen molar-refractivity contribution < 1.29 is 9.72 Å². The zero-order valence-corrected chi connectivity index (χ0v) is 14.3. The van der Waals surface area contributed by atoms with Crippen molar-refractivity contribution in [2.24, 2.45) is 0 Å². The van der Waals surface area contributed by atoms with E-state index in [1.165, 1.54) is 17.7 Å². The van der Waals surface area contributed by atoms with Crippen LogP contribution in [0.1, 0.15) is 36.7 Å². The van der Waals surface area contributed by atoms with Gasteiger partial charge in [-0.2, -0.15) is 0 Å². The van der Waals surface area contributed by atoms with Gasteiger partial charge in [0, 0.05) is 34.9 Å². The van der Waals surface area contributed by atoms with Gasteiger partial charge in [0.15, 0.2) is 0 Å². The molecule has 128 valence electrons. The zero-order chi connectivity index (χ0) is 18.2. The van der Waals surface area contributed by atoms with Gasteiger partial charge >= 0.3 is 0 Å². The Morgan fingerprint density at radius 1 is 1.12 bits per heavy atom. The van der Waals surface area contributed by atoms with Crippen molar-refractivity contribution in [2.75, 3.05) is 5.32 Å². The maximum Gasteiger partial charge on any atom is 0.270 e. The molecule has 0 atom stereocenters. The van der Waals surface area contributed by atoms with Crippen molar-refractivity contribution in [3.8, 4) is 0 Å². The number of hydrogen-bond donors (Lipinski definition) is 2. The Labute approximate surface area is 145 Å². The second-order valence-electron chi connectivity index (χ2n) is 6.97. The van der Waals surface area contributed by atoms with Gasteiger partial charge in [-0.3, -0.25) is 14.9 Å². The molecular formula is C19H19N3O3. The van der Waals surface area contributed by atoms with Crippen molar-refractivity contribution in [3.63, 3.8) is 0 Å². The molecule has 2 aromatic carbocycles. The van der Waals surface area contributed by atoms with Crippen LogP contribution >= 0.6 is 0 Å². The molecule has 2 N–H and O–H groups in total. The topological polar surface area (TPSA) is 88.0 Å². The van der Waals surface area contributed by atoms with Crippen LogP contribution < -0.4 is 5.32 Å². The lowest BCUT2D eigenvalue weighted by Gasteiger charge is -2.19. The van der Waals surface area contributed by atoms with Crippen LogP contribution in [0.3, 0.4) is 0 Å². The summed E-state index contributed by atoms with van der Waals surface area (Å²) in [6, 6.07) is 12.1. The van der Waals surface area contributed by atoms with E-state index in [1.54, 1.807) is 12.3 Å². The van der Waals surface area contributed by atoms with E-state index in [-0.39, 0.29) is 17.0 Å². The predicted molar refractivity (Wildman–Crippen MR) is 98.0 cm³/mol. The highest BCUT2D eigenvalue weighted by Crippen LogP contribution is 2.26. The van der Waals surface area contributed by atoms with Gasteiger partial charge in [0.05, 0.1) is 10.5 Å². The number of rotatable bonds is 3. The minimum absolute atomic E-state index is 0.0400. The maximum atomic E-state index is 12.6. The largest absolute Gasteiger partial charge is 0.360 e. The zero-order valence-electron chi connectivity index (χ0n) is 14.3. The molecule has 6 heteroatoms. The third kappa shape index (κ3) is 3.38. The molecule has 0 radical (unpaired) electrons. The van der Waals surface area contributed by atoms with Crippen LogP contribution in [0.15, 0.2) is 48.7 Å². The number of aromatic nitrogens is 1. The first-order valence-electron chi connectivity index (χ1n) is 7.93. The smallest absolute Gasteiger partial charge is 0.270 e. The fraction of sp³-hybridized carbons (Fsp3) is 0.211. The first-order chi connectivity index (χ1) is 11.8. The number of nitro groups is 1. The Hall–Kier alpha value is -3.15. The molecule has 1 amide bonds. The van der Waals surface area contributed by atoms with Gasteiger partial charge in [-0.05, 0) is 29.2 Å². The monoisotopic (exact) mass is 337 g/mol. The molecule has 0 bridgehead atoms. The number of H-pyrrole nitrogens is 1. The standard InChI is InChI=1S/C19H19N3O3/c1-19(2,3)12-4-6-13(7-5-12)21-18(23)16-11-20-17-9-8-14(22(24)25)10-15(16)17/h4-11,20H,1-3H3,(H,21,23). The summed E-state index contributed by atoms with van der Waals surface area (Å²) in [5.74, 6) is -0.310. The van der Waals surface area contributed by atoms with Gasteiger partial charge in [0.1, 0.15) is 0 Å². The second kappa shape index (κ2) is 6.05. The maximum absolute atomic E-state index is 12.6. The van der Waals surface area contributed by atoms with Gasteiger partial charge < -0.3 is 10.3 Å². The molecule has 1 heterocycles. The van der Waals surface area contributed by atoms with Crippen LogP contribution in [0.5, 0.6) is 0 Å². The van der Waals surface area contributed by atoms with Gasteiger partial charge in [-0.25, -0.2) is 0 Å². The Bertz CT molecular complexity index is 950. The number of fused-ring (bicyclic) bond motifs is 1. The fourth-order valence-corrected chi connectivity index (χ4v) is 2.66. The Balaban J connectivity index is 1.87. The highest BCUT2D eigenvalue weighted by molar-refractivity contribution is 6.13. The van der Waals surface area contributed by atoms with Crippen LogP contribution in [-0.2, 0) is 5.41 Å². The molecule has 6 nitrogen and oxygen atoms in total. The minimum atomic E-state index is -0.473. The fourth-order valence-electron chi connectivity index (χ4n) is 2.66. The molecule has 0 unspecified atom stereocenters. The Kier molecular flexibility index (Phi) is 4.04. The highest BCUT2D eigenvalue weighted by Gasteiger charge is 2.17. The number of anilines is 1. The summed E-state index contributed by atoms with van der Waals surface area (Å²) >= 11 is 0. The molecular weight excluding hydrogens is 318 g/mol. The van der Waals surface area contributed by atoms with Gasteiger partial charge in [-0.1, -0.05) is 32.9 Å². The van der Waals surface area contributed by atoms with Crippen molar-refractivity contribution in [2.45, 2.75) is 26.2 Å². The third-order valence-electron chi connectivity index (χ3n) is 4.13. The molecule has 0 aliphatic carbocycles. The SMILES string of the molecule is CC(C)(C)c1ccc(NC(=O)c2c[nH]c3ccc([N+](=O)[O-])cc23)cc1. The molecule has 0 saturated carbocycles.